The van der Waals surface area contributed by atoms with Crippen molar-refractivity contribution in [3.8, 4) is 5.75 Å². The van der Waals surface area contributed by atoms with Gasteiger partial charge >= 0.3 is 0 Å². The van der Waals surface area contributed by atoms with Crippen LogP contribution >= 0.6 is 15.9 Å². The number of phenols is 1. The number of phenolic OH excluding ortho intramolecular Hbond substituents is 1. The summed E-state index contributed by atoms with van der Waals surface area (Å²) < 4.78 is 39.1. The summed E-state index contributed by atoms with van der Waals surface area (Å²) in [6.45, 7) is 0.281. The lowest BCUT2D eigenvalue weighted by Crippen LogP contribution is -2.25. The molecular weight excluding hydrogens is 315 g/mol. The summed E-state index contributed by atoms with van der Waals surface area (Å²) in [6, 6.07) is 0.421. The normalized spacial score (nSPS) is 10.4. The summed E-state index contributed by atoms with van der Waals surface area (Å²) in [5.74, 6) is -7.02. The molecule has 0 radical (unpaired) electrons. The third kappa shape index (κ3) is 3.38. The maximum absolute atomic E-state index is 13.3. The van der Waals surface area contributed by atoms with E-state index in [2.05, 4.69) is 21.2 Å². The number of carbonyl (C=O) groups is 1. The lowest BCUT2D eigenvalue weighted by molar-refractivity contribution is 0.0947. The zero-order valence-electron chi connectivity index (χ0n) is 9.27. The van der Waals surface area contributed by atoms with Gasteiger partial charge in [-0.1, -0.05) is 15.9 Å². The van der Waals surface area contributed by atoms with E-state index in [4.69, 9.17) is 5.11 Å². The Labute approximate surface area is 110 Å². The van der Waals surface area contributed by atoms with Crippen molar-refractivity contribution in [2.75, 3.05) is 11.9 Å². The average molecular weight is 326 g/mol. The van der Waals surface area contributed by atoms with Crippen molar-refractivity contribution in [3.05, 3.63) is 29.1 Å². The second-order valence-corrected chi connectivity index (χ2v) is 4.33. The fourth-order valence-corrected chi connectivity index (χ4v) is 1.67. The molecule has 1 rings (SSSR count). The lowest BCUT2D eigenvalue weighted by Gasteiger charge is -2.07. The Hall–Kier alpha value is -1.24. The number of alkyl halides is 1. The van der Waals surface area contributed by atoms with Crippen LogP contribution in [0.5, 0.6) is 5.75 Å². The maximum Gasteiger partial charge on any atom is 0.254 e. The first kappa shape index (κ1) is 14.8. The number of halogens is 4. The van der Waals surface area contributed by atoms with Crippen LogP contribution in [0.25, 0.3) is 0 Å². The molecule has 7 heteroatoms. The Balaban J connectivity index is 2.80. The third-order valence-corrected chi connectivity index (χ3v) is 2.78. The molecule has 1 amide bonds. The number of aromatic hydroxyl groups is 1. The summed E-state index contributed by atoms with van der Waals surface area (Å²) >= 11 is 3.20. The van der Waals surface area contributed by atoms with E-state index in [1.807, 2.05) is 0 Å². The Morgan fingerprint density at radius 3 is 2.56 bits per heavy atom. The highest BCUT2D eigenvalue weighted by Crippen LogP contribution is 2.25. The van der Waals surface area contributed by atoms with Gasteiger partial charge in [0.05, 0.1) is 5.56 Å². The molecule has 0 aromatic heterocycles. The van der Waals surface area contributed by atoms with Crippen molar-refractivity contribution >= 4 is 21.8 Å². The van der Waals surface area contributed by atoms with Crippen molar-refractivity contribution in [1.29, 1.82) is 0 Å². The third-order valence-electron chi connectivity index (χ3n) is 2.22. The molecule has 1 aromatic carbocycles. The molecule has 0 fully saturated rings. The molecule has 2 N–H and O–H groups in total. The fraction of sp³-hybridized carbons (Fsp3) is 0.364. The number of hydrogen-bond donors (Lipinski definition) is 2. The van der Waals surface area contributed by atoms with Gasteiger partial charge < -0.3 is 10.4 Å². The highest BCUT2D eigenvalue weighted by molar-refractivity contribution is 9.09. The summed E-state index contributed by atoms with van der Waals surface area (Å²) in [6.07, 6.45) is 1.47. The van der Waals surface area contributed by atoms with E-state index in [-0.39, 0.29) is 6.54 Å². The fourth-order valence-electron chi connectivity index (χ4n) is 1.27. The van der Waals surface area contributed by atoms with E-state index >= 15 is 0 Å². The van der Waals surface area contributed by atoms with Gasteiger partial charge in [0.15, 0.2) is 17.4 Å². The minimum Gasteiger partial charge on any atom is -0.503 e. The Morgan fingerprint density at radius 2 is 1.94 bits per heavy atom. The van der Waals surface area contributed by atoms with Crippen LogP contribution in [-0.4, -0.2) is 22.9 Å². The summed E-state index contributed by atoms with van der Waals surface area (Å²) in [5, 5.41) is 12.1. The van der Waals surface area contributed by atoms with Crippen LogP contribution in [0.4, 0.5) is 13.2 Å². The summed E-state index contributed by atoms with van der Waals surface area (Å²) in [4.78, 5) is 11.5. The van der Waals surface area contributed by atoms with Crippen molar-refractivity contribution in [1.82, 2.24) is 5.32 Å². The molecule has 0 aliphatic carbocycles. The molecular formula is C11H11BrF3NO2. The molecule has 100 valence electrons. The lowest BCUT2D eigenvalue weighted by atomic mass is 10.1. The largest absolute Gasteiger partial charge is 0.503 e. The number of amides is 1. The van der Waals surface area contributed by atoms with Crippen LogP contribution in [0.3, 0.4) is 0 Å². The second-order valence-electron chi connectivity index (χ2n) is 3.53. The molecule has 18 heavy (non-hydrogen) atoms. The molecule has 0 bridgehead atoms. The highest BCUT2D eigenvalue weighted by Gasteiger charge is 2.22. The molecule has 0 aliphatic heterocycles. The summed E-state index contributed by atoms with van der Waals surface area (Å²) in [5.41, 5.74) is -0.717. The van der Waals surface area contributed by atoms with Crippen molar-refractivity contribution in [3.63, 3.8) is 0 Å². The first-order valence-corrected chi connectivity index (χ1v) is 6.31. The minimum atomic E-state index is -1.71. The van der Waals surface area contributed by atoms with Gasteiger partial charge in [0.25, 0.3) is 5.91 Å². The van der Waals surface area contributed by atoms with E-state index < -0.39 is 34.7 Å². The molecule has 0 heterocycles. The SMILES string of the molecule is O=C(NCCCCBr)c1cc(F)c(F)c(O)c1F. The van der Waals surface area contributed by atoms with Gasteiger partial charge in [0.2, 0.25) is 5.82 Å². The zero-order valence-corrected chi connectivity index (χ0v) is 10.9. The summed E-state index contributed by atoms with van der Waals surface area (Å²) in [7, 11) is 0. The number of hydrogen-bond acceptors (Lipinski definition) is 2. The minimum absolute atomic E-state index is 0.281. The smallest absolute Gasteiger partial charge is 0.254 e. The zero-order chi connectivity index (χ0) is 13.7. The number of nitrogens with one attached hydrogen (secondary N) is 1. The maximum atomic E-state index is 13.3. The number of benzene rings is 1. The number of carbonyl (C=O) groups excluding carboxylic acids is 1. The quantitative estimate of drug-likeness (QED) is 0.497. The molecule has 3 nitrogen and oxygen atoms in total. The van der Waals surface area contributed by atoms with Crippen molar-refractivity contribution in [2.24, 2.45) is 0 Å². The van der Waals surface area contributed by atoms with Gasteiger partial charge in [-0.2, -0.15) is 4.39 Å². The topological polar surface area (TPSA) is 49.3 Å². The molecule has 0 aliphatic rings. The number of rotatable bonds is 5. The highest BCUT2D eigenvalue weighted by atomic mass is 79.9. The van der Waals surface area contributed by atoms with Gasteiger partial charge in [-0.05, 0) is 18.9 Å². The Morgan fingerprint density at radius 1 is 1.28 bits per heavy atom. The van der Waals surface area contributed by atoms with Gasteiger partial charge in [-0.3, -0.25) is 4.79 Å². The first-order chi connectivity index (χ1) is 8.49. The molecule has 0 unspecified atom stereocenters. The van der Waals surface area contributed by atoms with E-state index in [1.165, 1.54) is 0 Å². The van der Waals surface area contributed by atoms with E-state index in [0.29, 0.717) is 12.5 Å². The monoisotopic (exact) mass is 325 g/mol. The molecule has 0 saturated heterocycles. The van der Waals surface area contributed by atoms with Crippen LogP contribution in [0, 0.1) is 17.5 Å². The van der Waals surface area contributed by atoms with Crippen LogP contribution in [-0.2, 0) is 0 Å². The molecule has 0 spiro atoms. The van der Waals surface area contributed by atoms with Crippen LogP contribution in [0.2, 0.25) is 0 Å². The van der Waals surface area contributed by atoms with Gasteiger partial charge in [-0.25, -0.2) is 8.78 Å². The standard InChI is InChI=1S/C11H11BrF3NO2/c12-3-1-2-4-16-11(18)6-5-7(13)9(15)10(17)8(6)14/h5,17H,1-4H2,(H,16,18). The van der Waals surface area contributed by atoms with Gasteiger partial charge in [0, 0.05) is 11.9 Å². The van der Waals surface area contributed by atoms with Crippen LogP contribution in [0.1, 0.15) is 23.2 Å². The Kier molecular flexibility index (Phi) is 5.46. The van der Waals surface area contributed by atoms with E-state index in [0.717, 1.165) is 11.8 Å². The van der Waals surface area contributed by atoms with E-state index in [1.54, 1.807) is 0 Å². The van der Waals surface area contributed by atoms with Gasteiger partial charge in [-0.15, -0.1) is 0 Å². The molecule has 0 atom stereocenters. The Bertz CT molecular complexity index is 454. The van der Waals surface area contributed by atoms with Crippen LogP contribution in [0.15, 0.2) is 6.07 Å². The second kappa shape index (κ2) is 6.63. The van der Waals surface area contributed by atoms with Gasteiger partial charge in [0.1, 0.15) is 0 Å². The van der Waals surface area contributed by atoms with Crippen molar-refractivity contribution in [2.45, 2.75) is 12.8 Å². The first-order valence-electron chi connectivity index (χ1n) is 5.19. The molecule has 0 saturated carbocycles. The van der Waals surface area contributed by atoms with Crippen molar-refractivity contribution < 1.29 is 23.1 Å². The molecule has 1 aromatic rings. The van der Waals surface area contributed by atoms with E-state index in [9.17, 15) is 18.0 Å². The predicted octanol–water partition coefficient (Wildman–Crippen LogP) is 2.71. The van der Waals surface area contributed by atoms with Crippen LogP contribution < -0.4 is 5.32 Å². The predicted molar refractivity (Wildman–Crippen MR) is 63.3 cm³/mol. The average Bonchev–Trinajstić information content (AvgIpc) is 2.36. The number of unbranched alkanes of at least 4 members (excludes halogenated alkanes) is 1.